The molecule has 0 saturated heterocycles. The van der Waals surface area contributed by atoms with Crippen molar-refractivity contribution in [1.82, 2.24) is 0 Å². The van der Waals surface area contributed by atoms with E-state index >= 15 is 0 Å². The molecule has 2 heteroatoms. The Balaban J connectivity index is 2.49. The fourth-order valence-corrected chi connectivity index (χ4v) is 2.17. The smallest absolute Gasteiger partial charge is 0.124 e. The van der Waals surface area contributed by atoms with Crippen molar-refractivity contribution in [2.75, 3.05) is 7.11 Å². The fraction of sp³-hybridized carbons (Fsp3) is 0.538. The van der Waals surface area contributed by atoms with Gasteiger partial charge < -0.3 is 10.5 Å². The number of hydrogen-bond acceptors (Lipinski definition) is 2. The Kier molecular flexibility index (Phi) is 2.47. The second kappa shape index (κ2) is 3.53. The molecule has 0 unspecified atom stereocenters. The van der Waals surface area contributed by atoms with Crippen molar-refractivity contribution in [3.63, 3.8) is 0 Å². The lowest BCUT2D eigenvalue weighted by molar-refractivity contribution is 0.243. The summed E-state index contributed by atoms with van der Waals surface area (Å²) in [6.45, 7) is 4.23. The first-order valence-corrected chi connectivity index (χ1v) is 5.51. The molecule has 0 radical (unpaired) electrons. The summed E-state index contributed by atoms with van der Waals surface area (Å²) in [5, 5.41) is 0. The highest BCUT2D eigenvalue weighted by Crippen LogP contribution is 2.43. The van der Waals surface area contributed by atoms with Crippen LogP contribution in [-0.4, -0.2) is 7.11 Å². The zero-order valence-electron chi connectivity index (χ0n) is 9.76. The summed E-state index contributed by atoms with van der Waals surface area (Å²) in [5.41, 5.74) is 9.94. The van der Waals surface area contributed by atoms with Gasteiger partial charge in [0.05, 0.1) is 7.11 Å². The van der Waals surface area contributed by atoms with E-state index in [9.17, 15) is 0 Å². The third kappa shape index (κ3) is 1.63. The van der Waals surface area contributed by atoms with Crippen LogP contribution >= 0.6 is 0 Å². The second-order valence-corrected chi connectivity index (χ2v) is 4.65. The molecule has 1 aliphatic carbocycles. The molecule has 0 heterocycles. The molecule has 2 N–H and O–H groups in total. The molecule has 1 fully saturated rings. The molecule has 82 valence electrons. The van der Waals surface area contributed by atoms with Gasteiger partial charge in [-0.25, -0.2) is 0 Å². The first kappa shape index (κ1) is 10.5. The molecule has 0 aromatic heterocycles. The fourth-order valence-electron chi connectivity index (χ4n) is 2.17. The Bertz CT molecular complexity index is 380. The van der Waals surface area contributed by atoms with Gasteiger partial charge in [-0.1, -0.05) is 6.07 Å². The molecule has 2 nitrogen and oxygen atoms in total. The van der Waals surface area contributed by atoms with Crippen LogP contribution in [0.25, 0.3) is 0 Å². The first-order valence-electron chi connectivity index (χ1n) is 5.51. The first-order chi connectivity index (χ1) is 7.07. The van der Waals surface area contributed by atoms with Crippen LogP contribution in [0.2, 0.25) is 0 Å². The SMILES string of the molecule is COc1cc(C)c(C)cc1C1(N)CCC1. The minimum absolute atomic E-state index is 0.135. The van der Waals surface area contributed by atoms with E-state index in [0.717, 1.165) is 18.6 Å². The summed E-state index contributed by atoms with van der Waals surface area (Å²) >= 11 is 0. The number of methoxy groups -OCH3 is 1. The quantitative estimate of drug-likeness (QED) is 0.805. The Morgan fingerprint density at radius 1 is 1.20 bits per heavy atom. The lowest BCUT2D eigenvalue weighted by Crippen LogP contribution is -2.43. The van der Waals surface area contributed by atoms with Crippen LogP contribution in [0.4, 0.5) is 0 Å². The summed E-state index contributed by atoms with van der Waals surface area (Å²) < 4.78 is 5.42. The third-order valence-corrected chi connectivity index (χ3v) is 3.60. The average Bonchev–Trinajstić information content (AvgIpc) is 2.18. The zero-order chi connectivity index (χ0) is 11.1. The highest BCUT2D eigenvalue weighted by molar-refractivity contribution is 5.46. The van der Waals surface area contributed by atoms with Crippen LogP contribution in [0.1, 0.15) is 36.0 Å². The van der Waals surface area contributed by atoms with Gasteiger partial charge in [0.15, 0.2) is 0 Å². The maximum atomic E-state index is 6.34. The van der Waals surface area contributed by atoms with E-state index in [0.29, 0.717) is 0 Å². The van der Waals surface area contributed by atoms with Gasteiger partial charge in [0.25, 0.3) is 0 Å². The number of aryl methyl sites for hydroxylation is 2. The van der Waals surface area contributed by atoms with Gasteiger partial charge in [-0.05, 0) is 50.3 Å². The van der Waals surface area contributed by atoms with Crippen molar-refractivity contribution in [1.29, 1.82) is 0 Å². The maximum Gasteiger partial charge on any atom is 0.124 e. The largest absolute Gasteiger partial charge is 0.496 e. The van der Waals surface area contributed by atoms with E-state index in [1.54, 1.807) is 7.11 Å². The van der Waals surface area contributed by atoms with E-state index in [4.69, 9.17) is 10.5 Å². The molecule has 0 spiro atoms. The zero-order valence-corrected chi connectivity index (χ0v) is 9.76. The van der Waals surface area contributed by atoms with Gasteiger partial charge in [0.2, 0.25) is 0 Å². The van der Waals surface area contributed by atoms with Crippen LogP contribution in [0, 0.1) is 13.8 Å². The normalized spacial score (nSPS) is 18.4. The summed E-state index contributed by atoms with van der Waals surface area (Å²) in [4.78, 5) is 0. The predicted molar refractivity (Wildman–Crippen MR) is 62.2 cm³/mol. The Morgan fingerprint density at radius 3 is 2.27 bits per heavy atom. The van der Waals surface area contributed by atoms with Gasteiger partial charge in [0.1, 0.15) is 5.75 Å². The molecule has 2 rings (SSSR count). The third-order valence-electron chi connectivity index (χ3n) is 3.60. The Hall–Kier alpha value is -1.02. The molecule has 1 aliphatic rings. The van der Waals surface area contributed by atoms with Gasteiger partial charge in [-0.15, -0.1) is 0 Å². The van der Waals surface area contributed by atoms with Crippen molar-refractivity contribution in [3.8, 4) is 5.75 Å². The number of hydrogen-bond donors (Lipinski definition) is 1. The van der Waals surface area contributed by atoms with Gasteiger partial charge in [-0.2, -0.15) is 0 Å². The highest BCUT2D eigenvalue weighted by atomic mass is 16.5. The molecule has 0 amide bonds. The molecule has 0 bridgehead atoms. The lowest BCUT2D eigenvalue weighted by atomic mass is 9.72. The van der Waals surface area contributed by atoms with E-state index in [1.807, 2.05) is 0 Å². The van der Waals surface area contributed by atoms with Crippen LogP contribution in [0.15, 0.2) is 12.1 Å². The van der Waals surface area contributed by atoms with Crippen LogP contribution in [0.3, 0.4) is 0 Å². The predicted octanol–water partition coefficient (Wildman–Crippen LogP) is 2.65. The standard InChI is InChI=1S/C13H19NO/c1-9-7-11(13(14)5-4-6-13)12(15-3)8-10(9)2/h7-8H,4-6,14H2,1-3H3. The van der Waals surface area contributed by atoms with Crippen LogP contribution in [0.5, 0.6) is 5.75 Å². The van der Waals surface area contributed by atoms with Gasteiger partial charge in [0, 0.05) is 11.1 Å². The summed E-state index contributed by atoms with van der Waals surface area (Å²) in [7, 11) is 1.72. The molecular weight excluding hydrogens is 186 g/mol. The van der Waals surface area contributed by atoms with Crippen molar-refractivity contribution >= 4 is 0 Å². The summed E-state index contributed by atoms with van der Waals surface area (Å²) in [6, 6.07) is 4.28. The maximum absolute atomic E-state index is 6.34. The van der Waals surface area contributed by atoms with E-state index in [1.165, 1.54) is 23.1 Å². The minimum Gasteiger partial charge on any atom is -0.496 e. The van der Waals surface area contributed by atoms with Crippen LogP contribution < -0.4 is 10.5 Å². The van der Waals surface area contributed by atoms with Crippen molar-refractivity contribution in [2.24, 2.45) is 5.73 Å². The number of nitrogens with two attached hydrogens (primary N) is 1. The Morgan fingerprint density at radius 2 is 1.80 bits per heavy atom. The number of rotatable bonds is 2. The highest BCUT2D eigenvalue weighted by Gasteiger charge is 2.36. The molecule has 1 saturated carbocycles. The molecule has 15 heavy (non-hydrogen) atoms. The summed E-state index contributed by atoms with van der Waals surface area (Å²) in [6.07, 6.45) is 3.38. The average molecular weight is 205 g/mol. The van der Waals surface area contributed by atoms with E-state index < -0.39 is 0 Å². The van der Waals surface area contributed by atoms with Crippen molar-refractivity contribution in [3.05, 3.63) is 28.8 Å². The van der Waals surface area contributed by atoms with Crippen LogP contribution in [-0.2, 0) is 5.54 Å². The van der Waals surface area contributed by atoms with Crippen molar-refractivity contribution < 1.29 is 4.74 Å². The van der Waals surface area contributed by atoms with Crippen molar-refractivity contribution in [2.45, 2.75) is 38.6 Å². The number of ether oxygens (including phenoxy) is 1. The summed E-state index contributed by atoms with van der Waals surface area (Å²) in [5.74, 6) is 0.945. The molecular formula is C13H19NO. The second-order valence-electron chi connectivity index (χ2n) is 4.65. The van der Waals surface area contributed by atoms with Gasteiger partial charge in [-0.3, -0.25) is 0 Å². The molecule has 0 aliphatic heterocycles. The molecule has 1 aromatic rings. The van der Waals surface area contributed by atoms with E-state index in [2.05, 4.69) is 26.0 Å². The van der Waals surface area contributed by atoms with Gasteiger partial charge >= 0.3 is 0 Å². The monoisotopic (exact) mass is 205 g/mol. The molecule has 1 aromatic carbocycles. The minimum atomic E-state index is -0.135. The van der Waals surface area contributed by atoms with E-state index in [-0.39, 0.29) is 5.54 Å². The molecule has 0 atom stereocenters. The lowest BCUT2D eigenvalue weighted by Gasteiger charge is -2.39. The topological polar surface area (TPSA) is 35.2 Å². The Labute approximate surface area is 91.4 Å². The number of benzene rings is 1.